The lowest BCUT2D eigenvalue weighted by atomic mass is 9.72. The van der Waals surface area contributed by atoms with E-state index in [1.807, 2.05) is 49.4 Å². The average molecular weight is 573 g/mol. The fourth-order valence-corrected chi connectivity index (χ4v) is 5.97. The second-order valence-corrected chi connectivity index (χ2v) is 12.4. The van der Waals surface area contributed by atoms with Crippen LogP contribution in [0.15, 0.2) is 84.9 Å². The molecule has 218 valence electrons. The van der Waals surface area contributed by atoms with E-state index in [0.29, 0.717) is 34.4 Å². The molecule has 6 rings (SSSR count). The number of imide groups is 1. The zero-order valence-corrected chi connectivity index (χ0v) is 25.3. The van der Waals surface area contributed by atoms with Gasteiger partial charge in [-0.25, -0.2) is 0 Å². The molecule has 0 spiro atoms. The van der Waals surface area contributed by atoms with Gasteiger partial charge in [-0.15, -0.1) is 15.0 Å². The predicted octanol–water partition coefficient (Wildman–Crippen LogP) is 7.17. The summed E-state index contributed by atoms with van der Waals surface area (Å²) in [7, 11) is 0. The van der Waals surface area contributed by atoms with Crippen LogP contribution in [0.5, 0.6) is 5.75 Å². The molecule has 2 heterocycles. The van der Waals surface area contributed by atoms with Gasteiger partial charge in [0.1, 0.15) is 22.5 Å². The molecule has 0 fully saturated rings. The molecular formula is C36H36N4O3. The average Bonchev–Trinajstić information content (AvgIpc) is 3.53. The number of nitrogens with zero attached hydrogens (tertiary/aromatic N) is 4. The molecule has 2 amide bonds. The van der Waals surface area contributed by atoms with Crippen molar-refractivity contribution in [1.82, 2.24) is 19.9 Å². The minimum Gasteiger partial charge on any atom is -0.505 e. The highest BCUT2D eigenvalue weighted by Gasteiger charge is 2.37. The first-order chi connectivity index (χ1) is 20.5. The van der Waals surface area contributed by atoms with E-state index in [0.717, 1.165) is 35.1 Å². The maximum Gasteiger partial charge on any atom is 0.261 e. The quantitative estimate of drug-likeness (QED) is 0.199. The van der Waals surface area contributed by atoms with Gasteiger partial charge in [-0.05, 0) is 41.3 Å². The minimum atomic E-state index is -0.544. The second kappa shape index (κ2) is 10.5. The maximum absolute atomic E-state index is 13.1. The molecule has 0 saturated carbocycles. The number of fused-ring (bicyclic) bond motifs is 2. The van der Waals surface area contributed by atoms with Gasteiger partial charge in [0.2, 0.25) is 0 Å². The molecule has 0 saturated heterocycles. The van der Waals surface area contributed by atoms with E-state index in [2.05, 4.69) is 58.0 Å². The normalized spacial score (nSPS) is 13.7. The summed E-state index contributed by atoms with van der Waals surface area (Å²) in [6.07, 6.45) is 1.64. The standard InChI is InChI=1S/C36H36N4O3/c1-6-7-18-39-33(42)26-21-29-30(22-27(26)34(39)43)38-40(37-29)31-20-25(35(2,3)23-14-10-8-11-15-23)19-28(32(31)41)36(4,5)24-16-12-9-13-17-24/h8-17,19-22,41H,6-7,18H2,1-5H3. The highest BCUT2D eigenvalue weighted by Crippen LogP contribution is 2.44. The van der Waals surface area contributed by atoms with Gasteiger partial charge in [-0.2, -0.15) is 0 Å². The van der Waals surface area contributed by atoms with E-state index < -0.39 is 10.8 Å². The van der Waals surface area contributed by atoms with Crippen LogP contribution in [0.1, 0.15) is 90.4 Å². The van der Waals surface area contributed by atoms with E-state index >= 15 is 0 Å². The third-order valence-corrected chi connectivity index (χ3v) is 8.90. The summed E-state index contributed by atoms with van der Waals surface area (Å²) in [6, 6.07) is 27.7. The Morgan fingerprint density at radius 3 is 1.72 bits per heavy atom. The number of amides is 2. The summed E-state index contributed by atoms with van der Waals surface area (Å²) in [6.45, 7) is 10.9. The third kappa shape index (κ3) is 4.69. The van der Waals surface area contributed by atoms with Gasteiger partial charge >= 0.3 is 0 Å². The van der Waals surface area contributed by atoms with Crippen LogP contribution in [0.25, 0.3) is 16.7 Å². The van der Waals surface area contributed by atoms with E-state index in [9.17, 15) is 14.7 Å². The molecule has 1 aromatic heterocycles. The van der Waals surface area contributed by atoms with Gasteiger partial charge in [0.15, 0.2) is 0 Å². The molecule has 0 aliphatic carbocycles. The first kappa shape index (κ1) is 28.3. The van der Waals surface area contributed by atoms with Crippen molar-refractivity contribution in [3.63, 3.8) is 0 Å². The number of carbonyl (C=O) groups excluding carboxylic acids is 2. The number of hydrogen-bond donors (Lipinski definition) is 1. The number of hydrogen-bond acceptors (Lipinski definition) is 5. The lowest BCUT2D eigenvalue weighted by Crippen LogP contribution is -2.30. The molecule has 0 unspecified atom stereocenters. The SMILES string of the molecule is CCCCN1C(=O)c2cc3nn(-c4cc(C(C)(C)c5ccccc5)cc(C(C)(C)c5ccccc5)c4O)nc3cc2C1=O. The van der Waals surface area contributed by atoms with Gasteiger partial charge in [-0.3, -0.25) is 14.5 Å². The third-order valence-electron chi connectivity index (χ3n) is 8.90. The summed E-state index contributed by atoms with van der Waals surface area (Å²) in [5, 5.41) is 21.3. The Hall–Kier alpha value is -4.78. The Morgan fingerprint density at radius 2 is 1.21 bits per heavy atom. The number of aromatic nitrogens is 3. The lowest BCUT2D eigenvalue weighted by Gasteiger charge is -2.32. The predicted molar refractivity (Wildman–Crippen MR) is 168 cm³/mol. The molecule has 5 aromatic rings. The summed E-state index contributed by atoms with van der Waals surface area (Å²) >= 11 is 0. The molecule has 0 atom stereocenters. The van der Waals surface area contributed by atoms with Crippen molar-refractivity contribution >= 4 is 22.8 Å². The van der Waals surface area contributed by atoms with Crippen LogP contribution in [0.2, 0.25) is 0 Å². The second-order valence-electron chi connectivity index (χ2n) is 12.4. The summed E-state index contributed by atoms with van der Waals surface area (Å²) in [5.41, 5.74) is 5.06. The topological polar surface area (TPSA) is 88.3 Å². The molecule has 1 aliphatic rings. The van der Waals surface area contributed by atoms with Gasteiger partial charge in [0.25, 0.3) is 11.8 Å². The first-order valence-corrected chi connectivity index (χ1v) is 14.8. The van der Waals surface area contributed by atoms with Crippen LogP contribution < -0.4 is 0 Å². The van der Waals surface area contributed by atoms with E-state index in [1.165, 1.54) is 9.70 Å². The van der Waals surface area contributed by atoms with Crippen molar-refractivity contribution in [2.24, 2.45) is 0 Å². The molecule has 7 heteroatoms. The molecule has 1 N–H and O–H groups in total. The largest absolute Gasteiger partial charge is 0.505 e. The van der Waals surface area contributed by atoms with Crippen LogP contribution in [0, 0.1) is 0 Å². The number of carbonyl (C=O) groups is 2. The first-order valence-electron chi connectivity index (χ1n) is 14.8. The van der Waals surface area contributed by atoms with Crippen molar-refractivity contribution in [1.29, 1.82) is 0 Å². The maximum atomic E-state index is 13.1. The van der Waals surface area contributed by atoms with E-state index in [4.69, 9.17) is 10.2 Å². The zero-order valence-electron chi connectivity index (χ0n) is 25.3. The summed E-state index contributed by atoms with van der Waals surface area (Å²) < 4.78 is 0. The fraction of sp³-hybridized carbons (Fsp3) is 0.278. The van der Waals surface area contributed by atoms with Crippen LogP contribution >= 0.6 is 0 Å². The van der Waals surface area contributed by atoms with Crippen LogP contribution in [-0.2, 0) is 10.8 Å². The molecule has 4 aromatic carbocycles. The minimum absolute atomic E-state index is 0.0761. The van der Waals surface area contributed by atoms with E-state index in [-0.39, 0.29) is 17.6 Å². The number of aromatic hydroxyl groups is 1. The van der Waals surface area contributed by atoms with Gasteiger partial charge in [-0.1, -0.05) is 108 Å². The Labute approximate surface area is 251 Å². The molecule has 0 radical (unpaired) electrons. The number of rotatable bonds is 8. The number of phenolic OH excluding ortho intramolecular Hbond substituents is 1. The highest BCUT2D eigenvalue weighted by atomic mass is 16.3. The molecule has 0 bridgehead atoms. The van der Waals surface area contributed by atoms with Crippen molar-refractivity contribution < 1.29 is 14.7 Å². The number of benzene rings is 4. The molecule has 43 heavy (non-hydrogen) atoms. The highest BCUT2D eigenvalue weighted by molar-refractivity contribution is 6.22. The Morgan fingerprint density at radius 1 is 0.698 bits per heavy atom. The summed E-state index contributed by atoms with van der Waals surface area (Å²) in [5.74, 6) is -0.523. The van der Waals surface area contributed by atoms with E-state index in [1.54, 1.807) is 12.1 Å². The van der Waals surface area contributed by atoms with Gasteiger partial charge < -0.3 is 5.11 Å². The Kier molecular flexibility index (Phi) is 6.92. The fourth-order valence-electron chi connectivity index (χ4n) is 5.97. The number of unbranched alkanes of at least 4 members (excludes halogenated alkanes) is 1. The van der Waals surface area contributed by atoms with Crippen LogP contribution in [0.3, 0.4) is 0 Å². The Bertz CT molecular complexity index is 1800. The molecular weight excluding hydrogens is 536 g/mol. The molecule has 7 nitrogen and oxygen atoms in total. The van der Waals surface area contributed by atoms with Gasteiger partial charge in [0.05, 0.1) is 11.1 Å². The number of phenols is 1. The van der Waals surface area contributed by atoms with Crippen molar-refractivity contribution in [3.05, 3.63) is 118 Å². The lowest BCUT2D eigenvalue weighted by molar-refractivity contribution is 0.0652. The smallest absolute Gasteiger partial charge is 0.261 e. The zero-order chi connectivity index (χ0) is 30.5. The molecule has 1 aliphatic heterocycles. The van der Waals surface area contributed by atoms with Crippen molar-refractivity contribution in [3.8, 4) is 11.4 Å². The monoisotopic (exact) mass is 572 g/mol. The summed E-state index contributed by atoms with van der Waals surface area (Å²) in [4.78, 5) is 28.9. The van der Waals surface area contributed by atoms with Crippen molar-refractivity contribution in [2.45, 2.75) is 58.3 Å². The van der Waals surface area contributed by atoms with Crippen LogP contribution in [0.4, 0.5) is 0 Å². The van der Waals surface area contributed by atoms with Crippen LogP contribution in [-0.4, -0.2) is 43.4 Å². The van der Waals surface area contributed by atoms with Gasteiger partial charge in [0, 0.05) is 22.9 Å². The Balaban J connectivity index is 1.52. The van der Waals surface area contributed by atoms with Crippen molar-refractivity contribution in [2.75, 3.05) is 6.54 Å².